The van der Waals surface area contributed by atoms with Gasteiger partial charge in [-0.3, -0.25) is 4.90 Å². The van der Waals surface area contributed by atoms with Gasteiger partial charge in [0.1, 0.15) is 0 Å². The molecule has 1 aromatic carbocycles. The molecule has 1 aliphatic rings. The first-order chi connectivity index (χ1) is 6.40. The molecule has 0 atom stereocenters. The molecular formula is C12H13N. The van der Waals surface area contributed by atoms with E-state index in [-0.39, 0.29) is 0 Å². The lowest BCUT2D eigenvalue weighted by Gasteiger charge is -2.08. The Morgan fingerprint density at radius 2 is 1.85 bits per heavy atom. The van der Waals surface area contributed by atoms with Crippen LogP contribution in [0.15, 0.2) is 24.3 Å². The molecule has 13 heavy (non-hydrogen) atoms. The first-order valence-electron chi connectivity index (χ1n) is 4.59. The summed E-state index contributed by atoms with van der Waals surface area (Å²) in [5.41, 5.74) is 2.92. The van der Waals surface area contributed by atoms with E-state index in [1.54, 1.807) is 0 Å². The van der Waals surface area contributed by atoms with Crippen molar-refractivity contribution in [2.45, 2.75) is 20.0 Å². The first kappa shape index (κ1) is 8.34. The van der Waals surface area contributed by atoms with Crippen LogP contribution in [0, 0.1) is 11.8 Å². The summed E-state index contributed by atoms with van der Waals surface area (Å²) in [6, 6.07) is 8.62. The topological polar surface area (TPSA) is 3.24 Å². The minimum absolute atomic E-state index is 0.894. The number of fused-ring (bicyclic) bond motifs is 1. The monoisotopic (exact) mass is 171 g/mol. The molecule has 1 aliphatic heterocycles. The fraction of sp³-hybridized carbons (Fsp3) is 0.333. The SMILES string of the molecule is CC#CCN1Cc2ccccc2C1. The predicted molar refractivity (Wildman–Crippen MR) is 54.0 cm³/mol. The van der Waals surface area contributed by atoms with Gasteiger partial charge < -0.3 is 0 Å². The van der Waals surface area contributed by atoms with Gasteiger partial charge in [0, 0.05) is 13.1 Å². The van der Waals surface area contributed by atoms with E-state index in [0.717, 1.165) is 19.6 Å². The molecule has 0 unspecified atom stereocenters. The second kappa shape index (κ2) is 3.64. The Labute approximate surface area is 79.4 Å². The Bertz CT molecular complexity index is 332. The average Bonchev–Trinajstić information content (AvgIpc) is 2.57. The summed E-state index contributed by atoms with van der Waals surface area (Å²) in [5, 5.41) is 0. The number of hydrogen-bond donors (Lipinski definition) is 0. The summed E-state index contributed by atoms with van der Waals surface area (Å²) in [6.07, 6.45) is 0. The van der Waals surface area contributed by atoms with Gasteiger partial charge in [-0.2, -0.15) is 0 Å². The molecular weight excluding hydrogens is 158 g/mol. The largest absolute Gasteiger partial charge is 0.284 e. The summed E-state index contributed by atoms with van der Waals surface area (Å²) >= 11 is 0. The van der Waals surface area contributed by atoms with Crippen molar-refractivity contribution in [3.8, 4) is 11.8 Å². The van der Waals surface area contributed by atoms with Crippen molar-refractivity contribution >= 4 is 0 Å². The van der Waals surface area contributed by atoms with Crippen LogP contribution in [0.2, 0.25) is 0 Å². The third kappa shape index (κ3) is 1.74. The standard InChI is InChI=1S/C12H13N/c1-2-3-8-13-9-11-6-4-5-7-12(11)10-13/h4-7H,8-10H2,1H3. The molecule has 2 rings (SSSR count). The molecule has 0 amide bonds. The van der Waals surface area contributed by atoms with Gasteiger partial charge in [0.2, 0.25) is 0 Å². The van der Waals surface area contributed by atoms with E-state index >= 15 is 0 Å². The van der Waals surface area contributed by atoms with E-state index in [1.807, 2.05) is 6.92 Å². The highest BCUT2D eigenvalue weighted by molar-refractivity contribution is 5.30. The number of rotatable bonds is 1. The van der Waals surface area contributed by atoms with Gasteiger partial charge in [0.15, 0.2) is 0 Å². The molecule has 0 aromatic heterocycles. The van der Waals surface area contributed by atoms with Crippen LogP contribution in [0.3, 0.4) is 0 Å². The number of benzene rings is 1. The van der Waals surface area contributed by atoms with E-state index in [4.69, 9.17) is 0 Å². The fourth-order valence-corrected chi connectivity index (χ4v) is 1.71. The molecule has 1 heterocycles. The van der Waals surface area contributed by atoms with Gasteiger partial charge in [0.05, 0.1) is 6.54 Å². The zero-order valence-corrected chi connectivity index (χ0v) is 7.88. The normalized spacial score (nSPS) is 14.8. The molecule has 0 fully saturated rings. The van der Waals surface area contributed by atoms with Crippen LogP contribution in [-0.2, 0) is 13.1 Å². The van der Waals surface area contributed by atoms with Gasteiger partial charge in [-0.05, 0) is 18.1 Å². The van der Waals surface area contributed by atoms with Crippen molar-refractivity contribution in [1.29, 1.82) is 0 Å². The van der Waals surface area contributed by atoms with Gasteiger partial charge in [0.25, 0.3) is 0 Å². The lowest BCUT2D eigenvalue weighted by atomic mass is 10.1. The Balaban J connectivity index is 2.08. The minimum atomic E-state index is 0.894. The molecule has 1 heteroatoms. The maximum absolute atomic E-state index is 3.10. The van der Waals surface area contributed by atoms with Crippen molar-refractivity contribution in [2.75, 3.05) is 6.54 Å². The van der Waals surface area contributed by atoms with Crippen molar-refractivity contribution in [2.24, 2.45) is 0 Å². The van der Waals surface area contributed by atoms with Gasteiger partial charge in [-0.25, -0.2) is 0 Å². The van der Waals surface area contributed by atoms with E-state index in [2.05, 4.69) is 41.0 Å². The molecule has 0 bridgehead atoms. The molecule has 0 saturated carbocycles. The summed E-state index contributed by atoms with van der Waals surface area (Å²) in [5.74, 6) is 6.03. The Morgan fingerprint density at radius 1 is 1.23 bits per heavy atom. The first-order valence-corrected chi connectivity index (χ1v) is 4.59. The minimum Gasteiger partial charge on any atom is -0.284 e. The molecule has 0 spiro atoms. The van der Waals surface area contributed by atoms with Gasteiger partial charge in [-0.15, -0.1) is 5.92 Å². The lowest BCUT2D eigenvalue weighted by Crippen LogP contribution is -2.16. The summed E-state index contributed by atoms with van der Waals surface area (Å²) in [4.78, 5) is 2.36. The smallest absolute Gasteiger partial charge is 0.0607 e. The quantitative estimate of drug-likeness (QED) is 0.584. The van der Waals surface area contributed by atoms with Crippen molar-refractivity contribution in [3.63, 3.8) is 0 Å². The van der Waals surface area contributed by atoms with E-state index in [9.17, 15) is 0 Å². The third-order valence-corrected chi connectivity index (χ3v) is 2.39. The van der Waals surface area contributed by atoms with Crippen LogP contribution in [0.1, 0.15) is 18.1 Å². The Morgan fingerprint density at radius 3 is 2.38 bits per heavy atom. The Hall–Kier alpha value is -1.26. The highest BCUT2D eigenvalue weighted by atomic mass is 15.1. The molecule has 66 valence electrons. The average molecular weight is 171 g/mol. The van der Waals surface area contributed by atoms with Crippen LogP contribution in [0.4, 0.5) is 0 Å². The zero-order valence-electron chi connectivity index (χ0n) is 7.88. The highest BCUT2D eigenvalue weighted by Crippen LogP contribution is 2.21. The highest BCUT2D eigenvalue weighted by Gasteiger charge is 2.16. The van der Waals surface area contributed by atoms with Gasteiger partial charge in [-0.1, -0.05) is 30.2 Å². The van der Waals surface area contributed by atoms with Crippen LogP contribution < -0.4 is 0 Å². The van der Waals surface area contributed by atoms with E-state index in [1.165, 1.54) is 11.1 Å². The number of nitrogens with zero attached hydrogens (tertiary/aromatic N) is 1. The maximum Gasteiger partial charge on any atom is 0.0607 e. The Kier molecular flexibility index (Phi) is 2.33. The van der Waals surface area contributed by atoms with Crippen LogP contribution >= 0.6 is 0 Å². The number of hydrogen-bond acceptors (Lipinski definition) is 1. The maximum atomic E-state index is 3.10. The van der Waals surface area contributed by atoms with E-state index < -0.39 is 0 Å². The molecule has 0 radical (unpaired) electrons. The van der Waals surface area contributed by atoms with Crippen LogP contribution in [0.25, 0.3) is 0 Å². The summed E-state index contributed by atoms with van der Waals surface area (Å²) < 4.78 is 0. The molecule has 0 N–H and O–H groups in total. The van der Waals surface area contributed by atoms with Crippen molar-refractivity contribution in [3.05, 3.63) is 35.4 Å². The second-order valence-corrected chi connectivity index (χ2v) is 3.34. The molecule has 1 aromatic rings. The van der Waals surface area contributed by atoms with Crippen LogP contribution in [-0.4, -0.2) is 11.4 Å². The second-order valence-electron chi connectivity index (χ2n) is 3.34. The summed E-state index contributed by atoms with van der Waals surface area (Å²) in [7, 11) is 0. The molecule has 0 saturated heterocycles. The predicted octanol–water partition coefficient (Wildman–Crippen LogP) is 2.03. The van der Waals surface area contributed by atoms with Gasteiger partial charge >= 0.3 is 0 Å². The van der Waals surface area contributed by atoms with Crippen LogP contribution in [0.5, 0.6) is 0 Å². The summed E-state index contributed by atoms with van der Waals surface area (Å²) in [6.45, 7) is 4.91. The van der Waals surface area contributed by atoms with E-state index in [0.29, 0.717) is 0 Å². The van der Waals surface area contributed by atoms with Crippen molar-refractivity contribution in [1.82, 2.24) is 4.90 Å². The zero-order chi connectivity index (χ0) is 9.10. The molecule has 0 aliphatic carbocycles. The van der Waals surface area contributed by atoms with Crippen molar-refractivity contribution < 1.29 is 0 Å². The molecule has 1 nitrogen and oxygen atoms in total. The lowest BCUT2D eigenvalue weighted by molar-refractivity contribution is 0.322. The third-order valence-electron chi connectivity index (χ3n) is 2.39. The fourth-order valence-electron chi connectivity index (χ4n) is 1.71.